The Balaban J connectivity index is 3.34. The zero-order valence-electron chi connectivity index (χ0n) is 8.60. The summed E-state index contributed by atoms with van der Waals surface area (Å²) < 4.78 is 0. The van der Waals surface area contributed by atoms with Gasteiger partial charge in [0.05, 0.1) is 0 Å². The largest absolute Gasteiger partial charge is 0.373 e. The van der Waals surface area contributed by atoms with Gasteiger partial charge in [0.25, 0.3) is 0 Å². The molecule has 0 unspecified atom stereocenters. The van der Waals surface area contributed by atoms with Gasteiger partial charge in [-0.15, -0.1) is 0 Å². The predicted molar refractivity (Wildman–Crippen MR) is 58.8 cm³/mol. The molecule has 0 atom stereocenters. The number of aryl methyl sites for hydroxylation is 1. The van der Waals surface area contributed by atoms with Crippen LogP contribution in [0.4, 0.5) is 11.6 Å². The van der Waals surface area contributed by atoms with Crippen LogP contribution in [0, 0.1) is 12.3 Å². The number of aromatic nitrogens is 1. The monoisotopic (exact) mass is 193 g/mol. The van der Waals surface area contributed by atoms with E-state index in [0.717, 1.165) is 11.1 Å². The summed E-state index contributed by atoms with van der Waals surface area (Å²) in [5.41, 5.74) is 4.78. The second-order valence-corrected chi connectivity index (χ2v) is 3.07. The van der Waals surface area contributed by atoms with E-state index in [1.807, 2.05) is 13.0 Å². The molecule has 1 aromatic heterocycles. The molecule has 0 bridgehead atoms. The van der Waals surface area contributed by atoms with Crippen molar-refractivity contribution in [1.82, 2.24) is 4.98 Å². The van der Waals surface area contributed by atoms with Gasteiger partial charge >= 0.3 is 0 Å². The van der Waals surface area contributed by atoms with E-state index < -0.39 is 0 Å². The highest BCUT2D eigenvalue weighted by atomic mass is 15.3. The fourth-order valence-corrected chi connectivity index (χ4v) is 1.40. The molecule has 0 fully saturated rings. The first-order valence-electron chi connectivity index (χ1n) is 4.31. The Kier molecular flexibility index (Phi) is 3.03. The van der Waals surface area contributed by atoms with Gasteiger partial charge < -0.3 is 16.2 Å². The maximum atomic E-state index is 7.62. The Bertz CT molecular complexity index is 358. The molecule has 76 valence electrons. The number of nitrogens with one attached hydrogen (secondary N) is 3. The minimum atomic E-state index is 0.489. The quantitative estimate of drug-likeness (QED) is 0.329. The third-order valence-electron chi connectivity index (χ3n) is 1.98. The van der Waals surface area contributed by atoms with E-state index in [9.17, 15) is 0 Å². The summed E-state index contributed by atoms with van der Waals surface area (Å²) in [5.74, 6) is 6.54. The van der Waals surface area contributed by atoms with Crippen molar-refractivity contribution in [2.24, 2.45) is 5.84 Å². The Morgan fingerprint density at radius 2 is 2.21 bits per heavy atom. The van der Waals surface area contributed by atoms with Gasteiger partial charge in [-0.3, -0.25) is 0 Å². The van der Waals surface area contributed by atoms with E-state index in [1.165, 1.54) is 0 Å². The normalized spacial score (nSPS) is 9.71. The lowest BCUT2D eigenvalue weighted by Gasteiger charge is -2.12. The molecule has 1 rings (SSSR count). The average molecular weight is 193 g/mol. The molecule has 5 nitrogen and oxygen atoms in total. The van der Waals surface area contributed by atoms with Crippen molar-refractivity contribution in [2.45, 2.75) is 13.8 Å². The molecule has 0 aromatic carbocycles. The summed E-state index contributed by atoms with van der Waals surface area (Å²) in [4.78, 5) is 4.20. The summed E-state index contributed by atoms with van der Waals surface area (Å²) in [6, 6.07) is 1.81. The molecule has 0 radical (unpaired) electrons. The van der Waals surface area contributed by atoms with Crippen LogP contribution in [0.5, 0.6) is 0 Å². The van der Waals surface area contributed by atoms with Gasteiger partial charge in [-0.1, -0.05) is 0 Å². The molecule has 5 heteroatoms. The molecule has 0 aliphatic carbocycles. The second-order valence-electron chi connectivity index (χ2n) is 3.07. The third kappa shape index (κ3) is 1.82. The van der Waals surface area contributed by atoms with Gasteiger partial charge in [0.15, 0.2) is 0 Å². The molecule has 0 saturated carbocycles. The molecule has 14 heavy (non-hydrogen) atoms. The minimum Gasteiger partial charge on any atom is -0.373 e. The number of rotatable bonds is 3. The van der Waals surface area contributed by atoms with Crippen LogP contribution in [-0.4, -0.2) is 17.7 Å². The van der Waals surface area contributed by atoms with Crippen molar-refractivity contribution < 1.29 is 0 Å². The Morgan fingerprint density at radius 3 is 2.64 bits per heavy atom. The van der Waals surface area contributed by atoms with Crippen molar-refractivity contribution in [3.05, 3.63) is 17.2 Å². The lowest BCUT2D eigenvalue weighted by molar-refractivity contribution is 1.18. The smallest absolute Gasteiger partial charge is 0.142 e. The number of nitrogens with zero attached hydrogens (tertiary/aromatic N) is 1. The molecule has 1 heterocycles. The Morgan fingerprint density at radius 1 is 1.57 bits per heavy atom. The molecule has 5 N–H and O–H groups in total. The minimum absolute atomic E-state index is 0.489. The van der Waals surface area contributed by atoms with Crippen LogP contribution in [0.3, 0.4) is 0 Å². The highest BCUT2D eigenvalue weighted by Crippen LogP contribution is 2.20. The van der Waals surface area contributed by atoms with Crippen LogP contribution in [-0.2, 0) is 0 Å². The van der Waals surface area contributed by atoms with E-state index in [-0.39, 0.29) is 0 Å². The summed E-state index contributed by atoms with van der Waals surface area (Å²) in [7, 11) is 1.77. The van der Waals surface area contributed by atoms with Crippen LogP contribution in [0.15, 0.2) is 6.07 Å². The van der Waals surface area contributed by atoms with Gasteiger partial charge in [-0.25, -0.2) is 10.8 Å². The van der Waals surface area contributed by atoms with Gasteiger partial charge in [-0.2, -0.15) is 0 Å². The van der Waals surface area contributed by atoms with E-state index in [0.29, 0.717) is 17.3 Å². The van der Waals surface area contributed by atoms with Crippen molar-refractivity contribution in [1.29, 1.82) is 5.41 Å². The number of pyridine rings is 1. The summed E-state index contributed by atoms with van der Waals surface area (Å²) in [6.45, 7) is 3.66. The van der Waals surface area contributed by atoms with Crippen LogP contribution < -0.4 is 16.6 Å². The number of hydrazine groups is 1. The fraction of sp³-hybridized carbons (Fsp3) is 0.333. The van der Waals surface area contributed by atoms with Crippen molar-refractivity contribution >= 4 is 17.3 Å². The standard InChI is InChI=1S/C9H15N5/c1-5-4-7(14-11)13-9(12-3)8(5)6(2)10/h4,10H,11H2,1-3H3,(H2,12,13,14). The fourth-order valence-electron chi connectivity index (χ4n) is 1.40. The maximum absolute atomic E-state index is 7.62. The zero-order valence-corrected chi connectivity index (χ0v) is 8.60. The Labute approximate surface area is 83.2 Å². The molecule has 0 amide bonds. The maximum Gasteiger partial charge on any atom is 0.142 e. The summed E-state index contributed by atoms with van der Waals surface area (Å²) in [6.07, 6.45) is 0. The van der Waals surface area contributed by atoms with E-state index in [4.69, 9.17) is 11.3 Å². The first-order chi connectivity index (χ1) is 6.60. The first-order valence-corrected chi connectivity index (χ1v) is 4.31. The molecular weight excluding hydrogens is 178 g/mol. The zero-order chi connectivity index (χ0) is 10.7. The topological polar surface area (TPSA) is 86.8 Å². The molecule has 1 aromatic rings. The van der Waals surface area contributed by atoms with E-state index in [2.05, 4.69) is 15.7 Å². The molecule has 0 aliphatic heterocycles. The lowest BCUT2D eigenvalue weighted by Crippen LogP contribution is -2.12. The molecule has 0 saturated heterocycles. The number of hydrogen-bond donors (Lipinski definition) is 4. The summed E-state index contributed by atoms with van der Waals surface area (Å²) >= 11 is 0. The van der Waals surface area contributed by atoms with Crippen LogP contribution in [0.1, 0.15) is 18.1 Å². The highest BCUT2D eigenvalue weighted by Gasteiger charge is 2.09. The third-order valence-corrected chi connectivity index (χ3v) is 1.98. The molecule has 0 spiro atoms. The lowest BCUT2D eigenvalue weighted by atomic mass is 10.1. The number of hydrogen-bond acceptors (Lipinski definition) is 5. The number of nitrogens with two attached hydrogens (primary N) is 1. The summed E-state index contributed by atoms with van der Waals surface area (Å²) in [5, 5.41) is 10.6. The van der Waals surface area contributed by atoms with Crippen molar-refractivity contribution in [2.75, 3.05) is 17.8 Å². The van der Waals surface area contributed by atoms with E-state index >= 15 is 0 Å². The van der Waals surface area contributed by atoms with Crippen molar-refractivity contribution in [3.8, 4) is 0 Å². The van der Waals surface area contributed by atoms with Gasteiger partial charge in [-0.05, 0) is 25.5 Å². The van der Waals surface area contributed by atoms with Gasteiger partial charge in [0.2, 0.25) is 0 Å². The molecular formula is C9H15N5. The molecule has 0 aliphatic rings. The second kappa shape index (κ2) is 4.06. The predicted octanol–water partition coefficient (Wildman–Crippen LogP) is 1.11. The number of anilines is 2. The highest BCUT2D eigenvalue weighted by molar-refractivity contribution is 6.02. The number of nitrogen functional groups attached to an aromatic ring is 1. The van der Waals surface area contributed by atoms with Crippen LogP contribution in [0.25, 0.3) is 0 Å². The van der Waals surface area contributed by atoms with Crippen molar-refractivity contribution in [3.63, 3.8) is 0 Å². The van der Waals surface area contributed by atoms with Gasteiger partial charge in [0, 0.05) is 18.3 Å². The SMILES string of the molecule is CNc1nc(NN)cc(C)c1C(C)=N. The van der Waals surface area contributed by atoms with Crippen LogP contribution in [0.2, 0.25) is 0 Å². The van der Waals surface area contributed by atoms with E-state index in [1.54, 1.807) is 14.0 Å². The first kappa shape index (κ1) is 10.5. The van der Waals surface area contributed by atoms with Gasteiger partial charge in [0.1, 0.15) is 11.6 Å². The van der Waals surface area contributed by atoms with Crippen LogP contribution >= 0.6 is 0 Å². The Hall–Kier alpha value is -1.62. The average Bonchev–Trinajstić information content (AvgIpc) is 2.15.